The van der Waals surface area contributed by atoms with Crippen molar-refractivity contribution < 1.29 is 22.0 Å². The van der Waals surface area contributed by atoms with Gasteiger partial charge >= 0.3 is 0 Å². The van der Waals surface area contributed by atoms with E-state index >= 15 is 0 Å². The lowest BCUT2D eigenvalue weighted by Crippen LogP contribution is -3.00. The van der Waals surface area contributed by atoms with Crippen LogP contribution < -0.4 is 23.5 Å². The topological polar surface area (TPSA) is 58.3 Å². The summed E-state index contributed by atoms with van der Waals surface area (Å²) in [6.45, 7) is 5.38. The first-order valence-electron chi connectivity index (χ1n) is 8.35. The van der Waals surface area contributed by atoms with E-state index in [2.05, 4.69) is 63.7 Å². The van der Waals surface area contributed by atoms with Crippen LogP contribution in [0.5, 0.6) is 0 Å². The Balaban J connectivity index is 0.00000312. The van der Waals surface area contributed by atoms with Gasteiger partial charge in [0.2, 0.25) is 0 Å². The number of aryl methyl sites for hydroxylation is 2. The zero-order chi connectivity index (χ0) is 17.9. The summed E-state index contributed by atoms with van der Waals surface area (Å²) in [6, 6.07) is 12.5. The van der Waals surface area contributed by atoms with Crippen molar-refractivity contribution >= 4 is 11.4 Å². The van der Waals surface area contributed by atoms with Gasteiger partial charge in [0.15, 0.2) is 0 Å². The number of quaternary nitrogens is 1. The van der Waals surface area contributed by atoms with Crippen molar-refractivity contribution in [2.75, 3.05) is 45.3 Å². The molecule has 4 nitrogen and oxygen atoms in total. The van der Waals surface area contributed by atoms with Crippen molar-refractivity contribution in [3.63, 3.8) is 0 Å². The summed E-state index contributed by atoms with van der Waals surface area (Å²) in [7, 11) is 6.24. The molecule has 0 heterocycles. The highest BCUT2D eigenvalue weighted by molar-refractivity contribution is 5.71. The molecule has 4 N–H and O–H groups in total. The van der Waals surface area contributed by atoms with Crippen LogP contribution in [-0.2, 0) is 0 Å². The SMILES string of the molecule is Cc1cc(-c2ccc(NCC(O)C[N+](C)(C)C)c(C)c2)ccc1N.[Cl-]. The second-order valence-corrected chi connectivity index (χ2v) is 7.61. The summed E-state index contributed by atoms with van der Waals surface area (Å²) >= 11 is 0. The van der Waals surface area contributed by atoms with Gasteiger partial charge in [-0.15, -0.1) is 0 Å². The maximum absolute atomic E-state index is 10.1. The number of aliphatic hydroxyl groups excluding tert-OH is 1. The monoisotopic (exact) mass is 363 g/mol. The van der Waals surface area contributed by atoms with Gasteiger partial charge in [0.25, 0.3) is 0 Å². The minimum absolute atomic E-state index is 0. The molecule has 2 aromatic rings. The number of nitrogens with two attached hydrogens (primary N) is 1. The Morgan fingerprint density at radius 2 is 1.56 bits per heavy atom. The molecule has 0 bridgehead atoms. The normalized spacial score (nSPS) is 12.4. The minimum atomic E-state index is -0.371. The van der Waals surface area contributed by atoms with E-state index in [-0.39, 0.29) is 18.5 Å². The molecule has 2 aromatic carbocycles. The lowest BCUT2D eigenvalue weighted by molar-refractivity contribution is -0.873. The highest BCUT2D eigenvalue weighted by Gasteiger charge is 2.15. The fourth-order valence-corrected chi connectivity index (χ4v) is 2.82. The number of likely N-dealkylation sites (N-methyl/N-ethyl adjacent to an activating group) is 1. The summed E-state index contributed by atoms with van der Waals surface area (Å²) in [6.07, 6.45) is -0.371. The molecule has 0 saturated heterocycles. The van der Waals surface area contributed by atoms with Crippen LogP contribution >= 0.6 is 0 Å². The van der Waals surface area contributed by atoms with E-state index in [0.717, 1.165) is 28.0 Å². The van der Waals surface area contributed by atoms with Gasteiger partial charge in [-0.2, -0.15) is 0 Å². The molecule has 5 heteroatoms. The van der Waals surface area contributed by atoms with Crippen molar-refractivity contribution in [2.24, 2.45) is 0 Å². The van der Waals surface area contributed by atoms with E-state index in [0.29, 0.717) is 6.54 Å². The van der Waals surface area contributed by atoms with E-state index in [9.17, 15) is 5.11 Å². The number of hydrogen-bond acceptors (Lipinski definition) is 3. The van der Waals surface area contributed by atoms with Crippen LogP contribution in [0.2, 0.25) is 0 Å². The average molecular weight is 364 g/mol. The number of benzene rings is 2. The molecule has 0 spiro atoms. The lowest BCUT2D eigenvalue weighted by Gasteiger charge is -2.27. The summed E-state index contributed by atoms with van der Waals surface area (Å²) in [5.74, 6) is 0. The number of halogens is 1. The second-order valence-electron chi connectivity index (χ2n) is 7.61. The van der Waals surface area contributed by atoms with E-state index in [1.807, 2.05) is 13.0 Å². The number of nitrogens with one attached hydrogen (secondary N) is 1. The zero-order valence-electron chi connectivity index (χ0n) is 15.8. The standard InChI is InChI=1S/C20H30N3O.ClH/c1-14-10-16(6-8-19(14)21)17-7-9-20(15(2)11-17)22-12-18(24)13-23(3,4)5;/h6-11,18,22,24H,12-13,21H2,1-5H3;1H/q+1;/p-1. The van der Waals surface area contributed by atoms with Gasteiger partial charge in [0.05, 0.1) is 21.1 Å². The van der Waals surface area contributed by atoms with Crippen LogP contribution in [0.1, 0.15) is 11.1 Å². The first kappa shape index (κ1) is 21.3. The third-order valence-electron chi connectivity index (χ3n) is 4.12. The summed E-state index contributed by atoms with van der Waals surface area (Å²) in [5.41, 5.74) is 12.4. The van der Waals surface area contributed by atoms with Crippen LogP contribution in [0.3, 0.4) is 0 Å². The largest absolute Gasteiger partial charge is 1.00 e. The summed E-state index contributed by atoms with van der Waals surface area (Å²) in [4.78, 5) is 0. The number of nitrogen functional groups attached to an aromatic ring is 1. The van der Waals surface area contributed by atoms with Crippen molar-refractivity contribution in [3.05, 3.63) is 47.5 Å². The molecule has 0 aliphatic carbocycles. The Bertz CT molecular complexity index is 711. The van der Waals surface area contributed by atoms with Crippen LogP contribution in [0.25, 0.3) is 11.1 Å². The first-order chi connectivity index (χ1) is 11.2. The molecule has 0 fully saturated rings. The van der Waals surface area contributed by atoms with Crippen molar-refractivity contribution in [1.82, 2.24) is 0 Å². The predicted octanol–water partition coefficient (Wildman–Crippen LogP) is 0.0356. The lowest BCUT2D eigenvalue weighted by atomic mass is 10.00. The average Bonchev–Trinajstić information content (AvgIpc) is 2.47. The molecular weight excluding hydrogens is 334 g/mol. The Kier molecular flexibility index (Phi) is 7.29. The number of hydrogen-bond donors (Lipinski definition) is 3. The molecular formula is C20H30ClN3O. The Morgan fingerprint density at radius 3 is 2.08 bits per heavy atom. The van der Waals surface area contributed by atoms with Gasteiger partial charge < -0.3 is 33.0 Å². The minimum Gasteiger partial charge on any atom is -1.00 e. The second kappa shape index (κ2) is 8.56. The zero-order valence-corrected chi connectivity index (χ0v) is 16.6. The molecule has 1 unspecified atom stereocenters. The molecule has 0 amide bonds. The smallest absolute Gasteiger partial charge is 0.120 e. The summed E-state index contributed by atoms with van der Waals surface area (Å²) in [5, 5.41) is 13.5. The molecule has 0 radical (unpaired) electrons. The molecule has 0 aromatic heterocycles. The van der Waals surface area contributed by atoms with Crippen molar-refractivity contribution in [3.8, 4) is 11.1 Å². The van der Waals surface area contributed by atoms with E-state index < -0.39 is 0 Å². The van der Waals surface area contributed by atoms with Gasteiger partial charge in [0.1, 0.15) is 12.6 Å². The number of anilines is 2. The quantitative estimate of drug-likeness (QED) is 0.501. The van der Waals surface area contributed by atoms with Crippen LogP contribution in [0, 0.1) is 13.8 Å². The fourth-order valence-electron chi connectivity index (χ4n) is 2.82. The maximum atomic E-state index is 10.1. The highest BCUT2D eigenvalue weighted by Crippen LogP contribution is 2.27. The number of aliphatic hydroxyl groups is 1. The molecule has 25 heavy (non-hydrogen) atoms. The maximum Gasteiger partial charge on any atom is 0.120 e. The predicted molar refractivity (Wildman–Crippen MR) is 103 cm³/mol. The van der Waals surface area contributed by atoms with Gasteiger partial charge in [-0.3, -0.25) is 0 Å². The van der Waals surface area contributed by atoms with Gasteiger partial charge in [-0.1, -0.05) is 12.1 Å². The third-order valence-corrected chi connectivity index (χ3v) is 4.12. The molecule has 1 atom stereocenters. The van der Waals surface area contributed by atoms with Crippen LogP contribution in [0.15, 0.2) is 36.4 Å². The fraction of sp³-hybridized carbons (Fsp3) is 0.400. The number of rotatable bonds is 6. The van der Waals surface area contributed by atoms with Crippen LogP contribution in [-0.4, -0.2) is 49.9 Å². The Morgan fingerprint density at radius 1 is 1.00 bits per heavy atom. The Hall–Kier alpha value is -1.75. The van der Waals surface area contributed by atoms with E-state index in [1.54, 1.807) is 0 Å². The van der Waals surface area contributed by atoms with Gasteiger partial charge in [-0.25, -0.2) is 0 Å². The Labute approximate surface area is 157 Å². The van der Waals surface area contributed by atoms with E-state index in [1.165, 1.54) is 16.7 Å². The highest BCUT2D eigenvalue weighted by atomic mass is 35.5. The number of nitrogens with zero attached hydrogens (tertiary/aromatic N) is 1. The van der Waals surface area contributed by atoms with Gasteiger partial charge in [-0.05, 0) is 60.4 Å². The molecule has 2 rings (SSSR count). The van der Waals surface area contributed by atoms with E-state index in [4.69, 9.17) is 5.73 Å². The van der Waals surface area contributed by atoms with Crippen molar-refractivity contribution in [2.45, 2.75) is 20.0 Å². The molecule has 0 aliphatic heterocycles. The molecule has 0 aliphatic rings. The first-order valence-corrected chi connectivity index (χ1v) is 8.35. The van der Waals surface area contributed by atoms with Crippen LogP contribution in [0.4, 0.5) is 11.4 Å². The van der Waals surface area contributed by atoms with Gasteiger partial charge in [0, 0.05) is 17.9 Å². The summed E-state index contributed by atoms with van der Waals surface area (Å²) < 4.78 is 0.747. The van der Waals surface area contributed by atoms with Crippen molar-refractivity contribution in [1.29, 1.82) is 0 Å². The third kappa shape index (κ3) is 6.24. The molecule has 0 saturated carbocycles. The molecule has 138 valence electrons.